The van der Waals surface area contributed by atoms with Crippen molar-refractivity contribution in [1.29, 1.82) is 0 Å². The summed E-state index contributed by atoms with van der Waals surface area (Å²) in [6.07, 6.45) is 7.58. The molecule has 0 aromatic carbocycles. The number of hydrogen-bond acceptors (Lipinski definition) is 6. The van der Waals surface area contributed by atoms with Crippen LogP contribution in [0.4, 0.5) is 11.6 Å². The number of carbonyl (C=O) groups excluding carboxylic acids is 2. The number of anilines is 2. The van der Waals surface area contributed by atoms with E-state index >= 15 is 0 Å². The van der Waals surface area contributed by atoms with E-state index in [2.05, 4.69) is 20.9 Å². The highest BCUT2D eigenvalue weighted by Gasteiger charge is 2.19. The van der Waals surface area contributed by atoms with Crippen molar-refractivity contribution in [3.8, 4) is 0 Å². The first-order valence-electron chi connectivity index (χ1n) is 8.76. The van der Waals surface area contributed by atoms with Crippen LogP contribution < -0.4 is 10.6 Å². The fourth-order valence-corrected chi connectivity index (χ4v) is 3.67. The van der Waals surface area contributed by atoms with Crippen molar-refractivity contribution in [3.05, 3.63) is 24.1 Å². The largest absolute Gasteiger partial charge is 0.360 e. The molecule has 2 heterocycles. The molecule has 140 valence electrons. The molecule has 0 aliphatic heterocycles. The van der Waals surface area contributed by atoms with E-state index < -0.39 is 0 Å². The van der Waals surface area contributed by atoms with Gasteiger partial charge in [0, 0.05) is 12.1 Å². The molecular weight excluding hydrogens is 354 g/mol. The number of aromatic nitrogens is 3. The second kappa shape index (κ2) is 8.88. The molecule has 9 heteroatoms. The first-order valence-corrected chi connectivity index (χ1v) is 9.91. The summed E-state index contributed by atoms with van der Waals surface area (Å²) in [4.78, 5) is 24.0. The zero-order chi connectivity index (χ0) is 18.4. The fourth-order valence-electron chi connectivity index (χ4n) is 3.05. The molecule has 8 nitrogen and oxygen atoms in total. The van der Waals surface area contributed by atoms with E-state index in [0.717, 1.165) is 18.7 Å². The van der Waals surface area contributed by atoms with Gasteiger partial charge in [-0.15, -0.1) is 11.8 Å². The number of amides is 2. The molecule has 0 unspecified atom stereocenters. The maximum Gasteiger partial charge on any atom is 0.235 e. The van der Waals surface area contributed by atoms with Gasteiger partial charge in [-0.3, -0.25) is 9.59 Å². The quantitative estimate of drug-likeness (QED) is 0.769. The number of nitrogens with zero attached hydrogens (tertiary/aromatic N) is 3. The molecular formula is C17H23N5O3S. The smallest absolute Gasteiger partial charge is 0.235 e. The molecule has 0 atom stereocenters. The topological polar surface area (TPSA) is 102 Å². The summed E-state index contributed by atoms with van der Waals surface area (Å²) < 4.78 is 6.80. The van der Waals surface area contributed by atoms with Crippen molar-refractivity contribution in [2.75, 3.05) is 22.1 Å². The molecule has 1 aliphatic carbocycles. The molecule has 3 rings (SSSR count). The first kappa shape index (κ1) is 18.5. The summed E-state index contributed by atoms with van der Waals surface area (Å²) in [5.41, 5.74) is 0. The van der Waals surface area contributed by atoms with Crippen molar-refractivity contribution in [2.45, 2.75) is 45.1 Å². The molecule has 0 saturated heterocycles. The van der Waals surface area contributed by atoms with E-state index in [1.165, 1.54) is 31.0 Å². The third kappa shape index (κ3) is 5.10. The van der Waals surface area contributed by atoms with Crippen molar-refractivity contribution in [2.24, 2.45) is 0 Å². The van der Waals surface area contributed by atoms with Crippen LogP contribution in [0.5, 0.6) is 0 Å². The minimum Gasteiger partial charge on any atom is -0.360 e. The van der Waals surface area contributed by atoms with Gasteiger partial charge in [-0.1, -0.05) is 24.4 Å². The molecule has 2 N–H and O–H groups in total. The number of carbonyl (C=O) groups is 2. The fraction of sp³-hybridized carbons (Fsp3) is 0.529. The second-order valence-corrected chi connectivity index (χ2v) is 7.35. The van der Waals surface area contributed by atoms with Crippen LogP contribution in [-0.2, 0) is 9.59 Å². The normalized spacial score (nSPS) is 15.0. The Morgan fingerprint density at radius 3 is 2.65 bits per heavy atom. The van der Waals surface area contributed by atoms with E-state index in [1.54, 1.807) is 19.2 Å². The molecule has 2 amide bonds. The minimum absolute atomic E-state index is 0.141. The molecule has 1 fully saturated rings. The summed E-state index contributed by atoms with van der Waals surface area (Å²) in [5, 5.41) is 13.6. The number of nitrogens with one attached hydrogen (secondary N) is 2. The third-order valence-electron chi connectivity index (χ3n) is 4.22. The van der Waals surface area contributed by atoms with Crippen LogP contribution in [0.3, 0.4) is 0 Å². The van der Waals surface area contributed by atoms with Gasteiger partial charge < -0.3 is 15.2 Å². The van der Waals surface area contributed by atoms with Crippen LogP contribution in [0.25, 0.3) is 0 Å². The lowest BCUT2D eigenvalue weighted by molar-refractivity contribution is -0.114. The van der Waals surface area contributed by atoms with Crippen molar-refractivity contribution in [1.82, 2.24) is 14.9 Å². The monoisotopic (exact) mass is 377 g/mol. The van der Waals surface area contributed by atoms with Crippen molar-refractivity contribution in [3.63, 3.8) is 0 Å². The summed E-state index contributed by atoms with van der Waals surface area (Å²) in [6.45, 7) is 1.75. The lowest BCUT2D eigenvalue weighted by Crippen LogP contribution is -2.22. The highest BCUT2D eigenvalue weighted by Crippen LogP contribution is 2.29. The Morgan fingerprint density at radius 2 is 1.96 bits per heavy atom. The lowest BCUT2D eigenvalue weighted by Gasteiger charge is -2.23. The summed E-state index contributed by atoms with van der Waals surface area (Å²) in [7, 11) is 0. The maximum absolute atomic E-state index is 12.2. The molecule has 26 heavy (non-hydrogen) atoms. The van der Waals surface area contributed by atoms with Gasteiger partial charge in [-0.25, -0.2) is 4.68 Å². The number of aryl methyl sites for hydroxylation is 1. The Balaban J connectivity index is 1.42. The molecule has 2 aromatic heterocycles. The molecule has 1 aliphatic rings. The Hall–Kier alpha value is -2.29. The van der Waals surface area contributed by atoms with Crippen LogP contribution in [-0.4, -0.2) is 38.3 Å². The van der Waals surface area contributed by atoms with E-state index in [9.17, 15) is 9.59 Å². The van der Waals surface area contributed by atoms with Gasteiger partial charge in [-0.2, -0.15) is 5.10 Å². The molecule has 1 saturated carbocycles. The van der Waals surface area contributed by atoms with Crippen LogP contribution in [0.2, 0.25) is 0 Å². The zero-order valence-electron chi connectivity index (χ0n) is 14.7. The predicted molar refractivity (Wildman–Crippen MR) is 100 cm³/mol. The number of rotatable bonds is 7. The van der Waals surface area contributed by atoms with Crippen LogP contribution in [0.1, 0.15) is 43.9 Å². The second-order valence-electron chi connectivity index (χ2n) is 6.36. The van der Waals surface area contributed by atoms with Gasteiger partial charge in [0.05, 0.1) is 23.7 Å². The van der Waals surface area contributed by atoms with Crippen LogP contribution >= 0.6 is 11.8 Å². The van der Waals surface area contributed by atoms with Gasteiger partial charge in [-0.05, 0) is 19.8 Å². The molecule has 2 aromatic rings. The van der Waals surface area contributed by atoms with E-state index in [-0.39, 0.29) is 23.3 Å². The van der Waals surface area contributed by atoms with Gasteiger partial charge in [0.2, 0.25) is 11.8 Å². The number of thioether (sulfide) groups is 1. The predicted octanol–water partition coefficient (Wildman–Crippen LogP) is 3.00. The third-order valence-corrected chi connectivity index (χ3v) is 5.15. The highest BCUT2D eigenvalue weighted by molar-refractivity contribution is 8.00. The minimum atomic E-state index is -0.219. The average molecular weight is 377 g/mol. The Bertz CT molecular complexity index is 751. The first-order chi connectivity index (χ1) is 12.6. The SMILES string of the molecule is Cc1cc(NC(=O)CSCC(=O)Nc2ccnn2C2CCCCC2)no1. The summed E-state index contributed by atoms with van der Waals surface area (Å²) in [6, 6.07) is 3.82. The standard InChI is InChI=1S/C17H23N5O3S/c1-12-9-14(21-25-12)19-16(23)10-26-11-17(24)20-15-7-8-18-22(15)13-5-3-2-4-6-13/h7-9,13H,2-6,10-11H2,1H3,(H,20,24)(H,19,21,23). The van der Waals surface area contributed by atoms with Crippen molar-refractivity contribution >= 4 is 35.2 Å². The van der Waals surface area contributed by atoms with Crippen LogP contribution in [0.15, 0.2) is 22.9 Å². The van der Waals surface area contributed by atoms with E-state index in [0.29, 0.717) is 17.6 Å². The lowest BCUT2D eigenvalue weighted by atomic mass is 9.96. The van der Waals surface area contributed by atoms with Gasteiger partial charge in [0.1, 0.15) is 11.6 Å². The Kier molecular flexibility index (Phi) is 6.32. The maximum atomic E-state index is 12.2. The zero-order valence-corrected chi connectivity index (χ0v) is 15.6. The number of hydrogen-bond donors (Lipinski definition) is 2. The highest BCUT2D eigenvalue weighted by atomic mass is 32.2. The molecule has 0 bridgehead atoms. The molecule has 0 spiro atoms. The van der Waals surface area contributed by atoms with Gasteiger partial charge >= 0.3 is 0 Å². The van der Waals surface area contributed by atoms with E-state index in [4.69, 9.17) is 4.52 Å². The van der Waals surface area contributed by atoms with E-state index in [1.807, 2.05) is 10.7 Å². The summed E-state index contributed by atoms with van der Waals surface area (Å²) in [5.74, 6) is 1.74. The van der Waals surface area contributed by atoms with Crippen molar-refractivity contribution < 1.29 is 14.1 Å². The van der Waals surface area contributed by atoms with Gasteiger partial charge in [0.15, 0.2) is 5.82 Å². The van der Waals surface area contributed by atoms with Gasteiger partial charge in [0.25, 0.3) is 0 Å². The average Bonchev–Trinajstić information content (AvgIpc) is 3.24. The van der Waals surface area contributed by atoms with Crippen LogP contribution in [0, 0.1) is 6.92 Å². The Labute approximate surface area is 156 Å². The molecule has 0 radical (unpaired) electrons. The Morgan fingerprint density at radius 1 is 1.23 bits per heavy atom. The summed E-state index contributed by atoms with van der Waals surface area (Å²) >= 11 is 1.25.